The van der Waals surface area contributed by atoms with Gasteiger partial charge in [0.05, 0.1) is 29.0 Å². The molecule has 270 valence electrons. The number of hydrogen-bond acceptors (Lipinski definition) is 7. The number of alkyl halides is 3. The van der Waals surface area contributed by atoms with Crippen LogP contribution in [0.2, 0.25) is 0 Å². The quantitative estimate of drug-likeness (QED) is 0.130. The SMILES string of the molecule is CCN1CCN(Cc2cc(C(C)CC(=O)c3ccc(C4CC4)c(-c4ccc5nc(Nc6cnn(C7CC7)c6)ncc5c4)c3)cc(C(F)(F)F)c2)CC1. The molecule has 1 unspecified atom stereocenters. The van der Waals surface area contributed by atoms with Crippen LogP contribution < -0.4 is 5.32 Å². The molecule has 1 saturated heterocycles. The van der Waals surface area contributed by atoms with Gasteiger partial charge in [-0.05, 0) is 102 Å². The van der Waals surface area contributed by atoms with E-state index in [9.17, 15) is 18.0 Å². The van der Waals surface area contributed by atoms with Gasteiger partial charge < -0.3 is 10.2 Å². The molecule has 1 atom stereocenters. The van der Waals surface area contributed by atoms with Crippen LogP contribution in [0, 0.1) is 0 Å². The smallest absolute Gasteiger partial charge is 0.321 e. The predicted octanol–water partition coefficient (Wildman–Crippen LogP) is 8.98. The number of nitrogens with zero attached hydrogens (tertiary/aromatic N) is 6. The molecule has 3 fully saturated rings. The van der Waals surface area contributed by atoms with Crippen LogP contribution in [0.15, 0.2) is 73.2 Å². The van der Waals surface area contributed by atoms with Gasteiger partial charge in [-0.3, -0.25) is 14.4 Å². The lowest BCUT2D eigenvalue weighted by molar-refractivity contribution is -0.137. The Kier molecular flexibility index (Phi) is 9.33. The third kappa shape index (κ3) is 7.76. The van der Waals surface area contributed by atoms with E-state index < -0.39 is 11.7 Å². The molecule has 0 amide bonds. The van der Waals surface area contributed by atoms with E-state index in [0.29, 0.717) is 41.1 Å². The Balaban J connectivity index is 1.01. The molecule has 0 radical (unpaired) electrons. The Hall–Kier alpha value is -4.61. The fourth-order valence-corrected chi connectivity index (χ4v) is 7.36. The molecular weight excluding hydrogens is 663 g/mol. The Morgan fingerprint density at radius 2 is 1.73 bits per heavy atom. The summed E-state index contributed by atoms with van der Waals surface area (Å²) < 4.78 is 44.2. The number of piperazine rings is 1. The highest BCUT2D eigenvalue weighted by atomic mass is 19.4. The Bertz CT molecular complexity index is 2090. The van der Waals surface area contributed by atoms with E-state index in [2.05, 4.69) is 44.3 Å². The van der Waals surface area contributed by atoms with Gasteiger partial charge in [-0.15, -0.1) is 0 Å². The lowest BCUT2D eigenvalue weighted by Crippen LogP contribution is -2.45. The molecule has 52 heavy (non-hydrogen) atoms. The minimum atomic E-state index is -4.47. The summed E-state index contributed by atoms with van der Waals surface area (Å²) >= 11 is 0. The van der Waals surface area contributed by atoms with E-state index in [1.54, 1.807) is 12.4 Å². The molecule has 2 saturated carbocycles. The fraction of sp³-hybridized carbons (Fsp3) is 0.415. The molecule has 1 aliphatic heterocycles. The number of hydrogen-bond donors (Lipinski definition) is 1. The molecule has 8 nitrogen and oxygen atoms in total. The predicted molar refractivity (Wildman–Crippen MR) is 197 cm³/mol. The number of ketones is 1. The molecule has 1 N–H and O–H groups in total. The highest BCUT2D eigenvalue weighted by molar-refractivity contribution is 5.98. The maximum Gasteiger partial charge on any atom is 0.416 e. The molecular formula is C41H44F3N7O. The van der Waals surface area contributed by atoms with E-state index in [0.717, 1.165) is 86.1 Å². The average Bonchev–Trinajstić information content (AvgIpc) is 4.10. The van der Waals surface area contributed by atoms with E-state index in [4.69, 9.17) is 4.98 Å². The number of nitrogens with one attached hydrogen (secondary N) is 1. The number of likely N-dealkylation sites (N-methyl/N-ethyl adjacent to an activating group) is 1. The Labute approximate surface area is 302 Å². The zero-order valence-electron chi connectivity index (χ0n) is 29.7. The van der Waals surface area contributed by atoms with Crippen molar-refractivity contribution in [3.63, 3.8) is 0 Å². The van der Waals surface area contributed by atoms with Gasteiger partial charge in [-0.1, -0.05) is 38.1 Å². The van der Waals surface area contributed by atoms with Crippen molar-refractivity contribution in [3.05, 3.63) is 101 Å². The van der Waals surface area contributed by atoms with Gasteiger partial charge in [-0.25, -0.2) is 9.97 Å². The highest BCUT2D eigenvalue weighted by Crippen LogP contribution is 2.45. The van der Waals surface area contributed by atoms with Crippen molar-refractivity contribution in [3.8, 4) is 11.1 Å². The number of anilines is 2. The van der Waals surface area contributed by atoms with Gasteiger partial charge in [0.1, 0.15) is 0 Å². The number of fused-ring (bicyclic) bond motifs is 1. The van der Waals surface area contributed by atoms with Gasteiger partial charge in [0, 0.05) is 62.5 Å². The number of carbonyl (C=O) groups excluding carboxylic acids is 1. The summed E-state index contributed by atoms with van der Waals surface area (Å²) in [5, 5.41) is 8.57. The van der Waals surface area contributed by atoms with Gasteiger partial charge >= 0.3 is 6.18 Å². The van der Waals surface area contributed by atoms with Crippen LogP contribution in [-0.4, -0.2) is 68.1 Å². The van der Waals surface area contributed by atoms with E-state index in [1.807, 2.05) is 48.1 Å². The first-order chi connectivity index (χ1) is 25.1. The zero-order chi connectivity index (χ0) is 36.0. The number of aromatic nitrogens is 4. The average molecular weight is 708 g/mol. The number of halogens is 3. The lowest BCUT2D eigenvalue weighted by atomic mass is 9.88. The minimum Gasteiger partial charge on any atom is -0.321 e. The second-order valence-corrected chi connectivity index (χ2v) is 14.8. The number of benzene rings is 3. The molecule has 5 aromatic rings. The molecule has 8 rings (SSSR count). The van der Waals surface area contributed by atoms with Crippen molar-refractivity contribution in [1.29, 1.82) is 0 Å². The van der Waals surface area contributed by atoms with Crippen LogP contribution in [-0.2, 0) is 12.7 Å². The maximum atomic E-state index is 14.1. The van der Waals surface area contributed by atoms with Crippen molar-refractivity contribution < 1.29 is 18.0 Å². The monoisotopic (exact) mass is 707 g/mol. The molecule has 3 aliphatic rings. The van der Waals surface area contributed by atoms with E-state index in [1.165, 1.54) is 17.7 Å². The van der Waals surface area contributed by atoms with Gasteiger partial charge in [0.25, 0.3) is 0 Å². The number of carbonyl (C=O) groups is 1. The standard InChI is InChI=1S/C41H44F3N7O/c1-3-49-12-14-50(15-13-49)24-27-17-31(20-33(18-27)41(42,43)44)26(2)16-39(52)30-6-10-36(28-4-5-28)37(21-30)29-7-11-38-32(19-29)22-45-40(48-38)47-34-23-46-51(25-34)35-8-9-35/h6-7,10-11,17-23,25-26,28,35H,3-5,8-9,12-16,24H2,1-2H3,(H,45,47,48). The first-order valence-corrected chi connectivity index (χ1v) is 18.5. The summed E-state index contributed by atoms with van der Waals surface area (Å²) in [5.41, 5.74) is 5.93. The molecule has 0 spiro atoms. The van der Waals surface area contributed by atoms with Gasteiger partial charge in [0.2, 0.25) is 5.95 Å². The Morgan fingerprint density at radius 1 is 0.942 bits per heavy atom. The molecule has 2 aromatic heterocycles. The molecule has 3 aromatic carbocycles. The third-order valence-electron chi connectivity index (χ3n) is 10.8. The van der Waals surface area contributed by atoms with Crippen LogP contribution in [0.1, 0.15) is 96.4 Å². The first kappa shape index (κ1) is 34.5. The van der Waals surface area contributed by atoms with Crippen molar-refractivity contribution >= 4 is 28.3 Å². The van der Waals surface area contributed by atoms with E-state index in [-0.39, 0.29) is 18.1 Å². The number of rotatable bonds is 12. The summed E-state index contributed by atoms with van der Waals surface area (Å²) in [6, 6.07) is 16.8. The number of Topliss-reactive ketones (excluding diaryl/α,β-unsaturated/α-hetero) is 1. The largest absolute Gasteiger partial charge is 0.416 e. The third-order valence-corrected chi connectivity index (χ3v) is 10.8. The van der Waals surface area contributed by atoms with Crippen LogP contribution in [0.4, 0.5) is 24.8 Å². The first-order valence-electron chi connectivity index (χ1n) is 18.5. The topological polar surface area (TPSA) is 79.2 Å². The summed E-state index contributed by atoms with van der Waals surface area (Å²) in [5.74, 6) is 0.469. The lowest BCUT2D eigenvalue weighted by Gasteiger charge is -2.34. The summed E-state index contributed by atoms with van der Waals surface area (Å²) in [7, 11) is 0. The van der Waals surface area contributed by atoms with Crippen LogP contribution in [0.3, 0.4) is 0 Å². The minimum absolute atomic E-state index is 0.0874. The Morgan fingerprint density at radius 3 is 2.46 bits per heavy atom. The molecule has 2 aliphatic carbocycles. The summed E-state index contributed by atoms with van der Waals surface area (Å²) in [6.07, 6.45) is 5.75. The highest BCUT2D eigenvalue weighted by Gasteiger charge is 2.32. The summed E-state index contributed by atoms with van der Waals surface area (Å²) in [6.45, 7) is 8.87. The van der Waals surface area contributed by atoms with Gasteiger partial charge in [0.15, 0.2) is 5.78 Å². The molecule has 3 heterocycles. The maximum absolute atomic E-state index is 14.1. The van der Waals surface area contributed by atoms with Crippen molar-refractivity contribution in [2.45, 2.75) is 76.6 Å². The second-order valence-electron chi connectivity index (χ2n) is 14.8. The van der Waals surface area contributed by atoms with Crippen molar-refractivity contribution in [1.82, 2.24) is 29.5 Å². The zero-order valence-corrected chi connectivity index (χ0v) is 29.7. The van der Waals surface area contributed by atoms with Gasteiger partial charge in [-0.2, -0.15) is 18.3 Å². The fourth-order valence-electron chi connectivity index (χ4n) is 7.36. The van der Waals surface area contributed by atoms with E-state index >= 15 is 0 Å². The summed E-state index contributed by atoms with van der Waals surface area (Å²) in [4.78, 5) is 27.7. The van der Waals surface area contributed by atoms with Crippen molar-refractivity contribution in [2.24, 2.45) is 0 Å². The molecule has 0 bridgehead atoms. The van der Waals surface area contributed by atoms with Crippen molar-refractivity contribution in [2.75, 3.05) is 38.0 Å². The van der Waals surface area contributed by atoms with Crippen LogP contribution >= 0.6 is 0 Å². The second kappa shape index (κ2) is 14.1. The molecule has 11 heteroatoms. The van der Waals surface area contributed by atoms with Crippen LogP contribution in [0.25, 0.3) is 22.0 Å². The normalized spacial score (nSPS) is 17.8. The van der Waals surface area contributed by atoms with Crippen LogP contribution in [0.5, 0.6) is 0 Å².